The van der Waals surface area contributed by atoms with Crippen LogP contribution in [0.2, 0.25) is 0 Å². The molecule has 0 bridgehead atoms. The lowest BCUT2D eigenvalue weighted by atomic mass is 9.54. The number of rotatable bonds is 7. The summed E-state index contributed by atoms with van der Waals surface area (Å²) in [7, 11) is 0. The summed E-state index contributed by atoms with van der Waals surface area (Å²) in [5.74, 6) is 1.94. The van der Waals surface area contributed by atoms with E-state index in [0.29, 0.717) is 23.7 Å². The lowest BCUT2D eigenvalue weighted by Crippen LogP contribution is -2.45. The van der Waals surface area contributed by atoms with Crippen molar-refractivity contribution in [2.24, 2.45) is 11.8 Å². The van der Waals surface area contributed by atoms with E-state index in [4.69, 9.17) is 10.5 Å². The van der Waals surface area contributed by atoms with Crippen molar-refractivity contribution in [2.45, 2.75) is 169 Å². The molecular weight excluding hydrogens is 1150 g/mol. The molecule has 95 heavy (non-hydrogen) atoms. The van der Waals surface area contributed by atoms with Gasteiger partial charge in [-0.3, -0.25) is 0 Å². The SMILES string of the molecule is CC(C#N)C1(C)CCC(C#N)c2ccccc21.CC(C#N)C1CCC(C#N)c2ccccc21.CC(C)(c1ccccc1)C1(C)CCC(C#N)c2ccccc21.N#CC1CCC(c2ccccc2)c2ccccc21.c1ccc(C2CCC(c3ccccc3)c3ccccc32)cc1. The predicted octanol–water partition coefficient (Wildman–Crippen LogP) is 22.1. The van der Waals surface area contributed by atoms with Crippen molar-refractivity contribution in [3.05, 3.63) is 321 Å². The zero-order chi connectivity index (χ0) is 67.0. The first kappa shape index (κ1) is 67.8. The van der Waals surface area contributed by atoms with E-state index in [1.807, 2.05) is 56.3 Å². The third-order valence-corrected chi connectivity index (χ3v) is 22.3. The van der Waals surface area contributed by atoms with Crippen molar-refractivity contribution in [3.8, 4) is 36.4 Å². The number of benzene rings is 9. The van der Waals surface area contributed by atoms with E-state index in [1.165, 1.54) is 79.6 Å². The van der Waals surface area contributed by atoms with Gasteiger partial charge in [-0.05, 0) is 167 Å². The molecule has 5 aliphatic carbocycles. The highest BCUT2D eigenvalue weighted by molar-refractivity contribution is 5.50. The van der Waals surface area contributed by atoms with Crippen molar-refractivity contribution < 1.29 is 0 Å². The van der Waals surface area contributed by atoms with Gasteiger partial charge in [0.15, 0.2) is 0 Å². The molecule has 9 aromatic carbocycles. The highest BCUT2D eigenvalue weighted by Crippen LogP contribution is 2.54. The van der Waals surface area contributed by atoms with E-state index in [2.05, 4.69) is 264 Å². The second kappa shape index (κ2) is 31.2. The van der Waals surface area contributed by atoms with Crippen molar-refractivity contribution in [3.63, 3.8) is 0 Å². The molecule has 0 saturated heterocycles. The predicted molar refractivity (Wildman–Crippen MR) is 383 cm³/mol. The van der Waals surface area contributed by atoms with Gasteiger partial charge in [-0.25, -0.2) is 0 Å². The number of nitrogens with zero attached hydrogens (tertiary/aromatic N) is 6. The van der Waals surface area contributed by atoms with E-state index in [0.717, 1.165) is 62.5 Å². The van der Waals surface area contributed by atoms with Crippen LogP contribution < -0.4 is 0 Å². The van der Waals surface area contributed by atoms with Gasteiger partial charge in [0.2, 0.25) is 0 Å². The summed E-state index contributed by atoms with van der Waals surface area (Å²) in [6.07, 6.45) is 10.1. The van der Waals surface area contributed by atoms with E-state index >= 15 is 0 Å². The summed E-state index contributed by atoms with van der Waals surface area (Å²) in [6, 6.07) is 99.7. The van der Waals surface area contributed by atoms with Crippen LogP contribution in [0.4, 0.5) is 0 Å². The maximum absolute atomic E-state index is 9.48. The monoisotopic (exact) mass is 1240 g/mol. The Balaban J connectivity index is 0.000000130. The number of fused-ring (bicyclic) bond motifs is 5. The topological polar surface area (TPSA) is 143 Å². The standard InChI is InChI=1S/C22H20.C21H23N.C17H15N.C15H16N2.C14H14N2/c1-3-9-17(10-4-1)19-15-16-20(18-11-5-2-6-12-18)22-14-8-7-13-21(19)22;1-20(2,17-9-5-4-6-10-17)21(3)14-13-16(15-22)18-11-7-8-12-19(18)21;18-12-14-10-11-16(13-6-2-1-3-7-13)17-9-5-4-8-15(14)17;1-11(9-16)15(2)8-7-12(10-17)13-5-3-4-6-14(13)15;1-10(8-15)12-7-6-11(9-16)13-4-2-3-5-14(12)13/h1-14,19-20H,15-16H2;4-12,16H,13-14H2,1-3H3;1-9,14,16H,10-11H2;3-6,11-12H,7-8H2,1-2H3;2-5,10-12H,6-7H2,1H3. The van der Waals surface area contributed by atoms with Crippen molar-refractivity contribution in [1.82, 2.24) is 0 Å². The van der Waals surface area contributed by atoms with Crippen molar-refractivity contribution >= 4 is 0 Å². The quantitative estimate of drug-likeness (QED) is 0.155. The van der Waals surface area contributed by atoms with Crippen molar-refractivity contribution in [1.29, 1.82) is 31.6 Å². The first-order chi connectivity index (χ1) is 46.2. The van der Waals surface area contributed by atoms with Crippen LogP contribution >= 0.6 is 0 Å². The normalized spacial score (nSPS) is 23.8. The molecule has 0 heterocycles. The molecule has 0 amide bonds. The molecule has 0 aromatic heterocycles. The van der Waals surface area contributed by atoms with E-state index in [1.54, 1.807) is 0 Å². The van der Waals surface area contributed by atoms with E-state index in [-0.39, 0.29) is 51.8 Å². The minimum Gasteiger partial charge on any atom is -0.198 e. The molecule has 14 rings (SSSR count). The van der Waals surface area contributed by atoms with Crippen LogP contribution in [-0.2, 0) is 16.2 Å². The van der Waals surface area contributed by atoms with Crippen LogP contribution in [-0.4, -0.2) is 0 Å². The molecule has 12 unspecified atom stereocenters. The maximum Gasteiger partial charge on any atom is 0.0715 e. The van der Waals surface area contributed by atoms with Gasteiger partial charge in [0.25, 0.3) is 0 Å². The Morgan fingerprint density at radius 2 is 0.663 bits per heavy atom. The molecule has 5 aliphatic rings. The number of nitriles is 6. The van der Waals surface area contributed by atoms with Gasteiger partial charge in [-0.1, -0.05) is 270 Å². The molecule has 12 atom stereocenters. The minimum atomic E-state index is -0.112. The Hall–Kier alpha value is -10.1. The largest absolute Gasteiger partial charge is 0.198 e. The summed E-state index contributed by atoms with van der Waals surface area (Å²) in [5, 5.41) is 55.2. The highest BCUT2D eigenvalue weighted by Gasteiger charge is 2.48. The first-order valence-electron chi connectivity index (χ1n) is 34.3. The summed E-state index contributed by atoms with van der Waals surface area (Å²) in [5.41, 5.74) is 18.3. The zero-order valence-corrected chi connectivity index (χ0v) is 56.1. The Bertz CT molecular complexity index is 4220. The van der Waals surface area contributed by atoms with Crippen LogP contribution in [0.5, 0.6) is 0 Å². The highest BCUT2D eigenvalue weighted by atomic mass is 14.5. The zero-order valence-electron chi connectivity index (χ0n) is 56.1. The lowest BCUT2D eigenvalue weighted by Gasteiger charge is -2.49. The third-order valence-electron chi connectivity index (χ3n) is 22.3. The molecule has 9 aromatic rings. The van der Waals surface area contributed by atoms with Gasteiger partial charge >= 0.3 is 0 Å². The fourth-order valence-corrected chi connectivity index (χ4v) is 16.1. The number of hydrogen-bond donors (Lipinski definition) is 0. The van der Waals surface area contributed by atoms with Gasteiger partial charge in [0.05, 0.1) is 71.9 Å². The fourth-order valence-electron chi connectivity index (χ4n) is 16.1. The molecule has 474 valence electrons. The average molecular weight is 1240 g/mol. The van der Waals surface area contributed by atoms with Gasteiger partial charge in [0.1, 0.15) is 0 Å². The maximum atomic E-state index is 9.48. The smallest absolute Gasteiger partial charge is 0.0715 e. The Morgan fingerprint density at radius 1 is 0.337 bits per heavy atom. The summed E-state index contributed by atoms with van der Waals surface area (Å²) in [6.45, 7) is 13.1. The third kappa shape index (κ3) is 14.5. The van der Waals surface area contributed by atoms with Gasteiger partial charge in [-0.15, -0.1) is 0 Å². The van der Waals surface area contributed by atoms with Crippen LogP contribution in [0.25, 0.3) is 0 Å². The molecule has 6 heteroatoms. The summed E-state index contributed by atoms with van der Waals surface area (Å²) >= 11 is 0. The van der Waals surface area contributed by atoms with Crippen LogP contribution in [0.3, 0.4) is 0 Å². The Kier molecular flexibility index (Phi) is 22.3. The lowest BCUT2D eigenvalue weighted by molar-refractivity contribution is 0.234. The van der Waals surface area contributed by atoms with Gasteiger partial charge in [-0.2, -0.15) is 31.6 Å². The molecule has 0 radical (unpaired) electrons. The summed E-state index contributed by atoms with van der Waals surface area (Å²) < 4.78 is 0. The Labute approximate surface area is 566 Å². The first-order valence-corrected chi connectivity index (χ1v) is 34.3. The average Bonchev–Trinajstić information content (AvgIpc) is 0.749. The van der Waals surface area contributed by atoms with Crippen molar-refractivity contribution in [2.75, 3.05) is 0 Å². The fraction of sp³-hybridized carbons (Fsp3) is 0.326. The summed E-state index contributed by atoms with van der Waals surface area (Å²) in [4.78, 5) is 0. The second-order valence-electron chi connectivity index (χ2n) is 27.6. The molecule has 6 nitrogen and oxygen atoms in total. The molecule has 0 N–H and O–H groups in total. The van der Waals surface area contributed by atoms with E-state index < -0.39 is 0 Å². The van der Waals surface area contributed by atoms with Crippen LogP contribution in [0.15, 0.2) is 243 Å². The number of hydrogen-bond acceptors (Lipinski definition) is 6. The Morgan fingerprint density at radius 3 is 1.11 bits per heavy atom. The van der Waals surface area contributed by atoms with Crippen LogP contribution in [0, 0.1) is 79.8 Å². The second-order valence-corrected chi connectivity index (χ2v) is 27.6. The minimum absolute atomic E-state index is 0.00910. The molecule has 0 aliphatic heterocycles. The van der Waals surface area contributed by atoms with Gasteiger partial charge < -0.3 is 0 Å². The van der Waals surface area contributed by atoms with Crippen LogP contribution in [0.1, 0.15) is 231 Å². The molecule has 0 fully saturated rings. The van der Waals surface area contributed by atoms with Gasteiger partial charge in [0, 0.05) is 28.6 Å². The van der Waals surface area contributed by atoms with E-state index in [9.17, 15) is 21.0 Å². The molecule has 0 saturated carbocycles. The molecule has 0 spiro atoms. The molecular formula is C89H88N6.